The maximum absolute atomic E-state index is 13.3. The Morgan fingerprint density at radius 3 is 2.64 bits per heavy atom. The summed E-state index contributed by atoms with van der Waals surface area (Å²) >= 11 is 0. The number of nitrogens with two attached hydrogens (primary N) is 1. The molecule has 1 fully saturated rings. The summed E-state index contributed by atoms with van der Waals surface area (Å²) in [4.78, 5) is 12.4. The Balaban J connectivity index is 1.80. The van der Waals surface area contributed by atoms with Crippen molar-refractivity contribution >= 4 is 16.0 Å². The lowest BCUT2D eigenvalue weighted by Crippen LogP contribution is -2.31. The van der Waals surface area contributed by atoms with E-state index in [1.165, 1.54) is 29.0 Å². The van der Waals surface area contributed by atoms with Crippen molar-refractivity contribution in [1.29, 1.82) is 0 Å². The quantitative estimate of drug-likeness (QED) is 0.716. The number of rotatable bonds is 4. The summed E-state index contributed by atoms with van der Waals surface area (Å²) in [5.74, 6) is -0.301. The van der Waals surface area contributed by atoms with Crippen LogP contribution >= 0.6 is 0 Å². The Bertz CT molecular complexity index is 1110. The molecule has 0 amide bonds. The molecule has 8 nitrogen and oxygen atoms in total. The summed E-state index contributed by atoms with van der Waals surface area (Å²) in [5.41, 5.74) is 7.63. The topological polar surface area (TPSA) is 107 Å². The van der Waals surface area contributed by atoms with Crippen LogP contribution in [0.5, 0.6) is 0 Å². The highest BCUT2D eigenvalue weighted by atomic mass is 32.2. The Kier molecular flexibility index (Phi) is 4.60. The minimum Gasteiger partial charge on any atom is -0.368 e. The zero-order chi connectivity index (χ0) is 19.9. The summed E-state index contributed by atoms with van der Waals surface area (Å²) in [6.07, 6.45) is 5.75. The van der Waals surface area contributed by atoms with Gasteiger partial charge in [-0.05, 0) is 30.5 Å². The van der Waals surface area contributed by atoms with Crippen molar-refractivity contribution < 1.29 is 12.8 Å². The van der Waals surface area contributed by atoms with Crippen LogP contribution in [-0.2, 0) is 17.1 Å². The third-order valence-electron chi connectivity index (χ3n) is 4.77. The number of nitrogen functional groups attached to an aromatic ring is 1. The Morgan fingerprint density at radius 2 is 1.96 bits per heavy atom. The summed E-state index contributed by atoms with van der Waals surface area (Å²) in [6, 6.07) is 5.40. The summed E-state index contributed by atoms with van der Waals surface area (Å²) < 4.78 is 42.6. The lowest BCUT2D eigenvalue weighted by Gasteiger charge is -2.24. The van der Waals surface area contributed by atoms with Crippen molar-refractivity contribution in [3.05, 3.63) is 54.5 Å². The van der Waals surface area contributed by atoms with Crippen LogP contribution in [0.3, 0.4) is 0 Å². The first kappa shape index (κ1) is 18.5. The molecule has 1 aliphatic rings. The van der Waals surface area contributed by atoms with Crippen LogP contribution in [0.25, 0.3) is 11.1 Å². The van der Waals surface area contributed by atoms with Crippen molar-refractivity contribution in [3.63, 3.8) is 0 Å². The Hall–Kier alpha value is -2.85. The van der Waals surface area contributed by atoms with Crippen molar-refractivity contribution in [2.24, 2.45) is 7.05 Å². The number of anilines is 1. The Labute approximate surface area is 161 Å². The second-order valence-corrected chi connectivity index (χ2v) is 8.52. The highest BCUT2D eigenvalue weighted by Crippen LogP contribution is 2.39. The maximum Gasteiger partial charge on any atom is 0.262 e. The van der Waals surface area contributed by atoms with E-state index in [2.05, 4.69) is 15.0 Å². The van der Waals surface area contributed by atoms with Crippen molar-refractivity contribution in [2.75, 3.05) is 12.3 Å². The first-order chi connectivity index (χ1) is 13.4. The molecule has 0 aliphatic carbocycles. The molecule has 28 heavy (non-hydrogen) atoms. The standard InChI is InChI=1S/C18H19FN6O2S/c1-24-10-16(22-11-24)28(26,27)25-8-2-3-15(25)17-14(9-21-18(20)23-17)12-4-6-13(19)7-5-12/h4-7,9-11,15H,2-3,8H2,1H3,(H2,20,21,23)/t15-/m0/s1. The molecule has 0 unspecified atom stereocenters. The van der Waals surface area contributed by atoms with Crippen LogP contribution in [0.1, 0.15) is 24.6 Å². The van der Waals surface area contributed by atoms with Gasteiger partial charge in [0.15, 0.2) is 5.03 Å². The van der Waals surface area contributed by atoms with E-state index in [1.807, 2.05) is 0 Å². The molecule has 0 radical (unpaired) electrons. The molecule has 4 rings (SSSR count). The van der Waals surface area contributed by atoms with E-state index in [9.17, 15) is 12.8 Å². The molecule has 146 valence electrons. The van der Waals surface area contributed by atoms with Gasteiger partial charge in [0.25, 0.3) is 10.0 Å². The molecule has 2 aromatic heterocycles. The molecular weight excluding hydrogens is 383 g/mol. The summed E-state index contributed by atoms with van der Waals surface area (Å²) in [6.45, 7) is 0.357. The maximum atomic E-state index is 13.3. The molecule has 10 heteroatoms. The largest absolute Gasteiger partial charge is 0.368 e. The fourth-order valence-electron chi connectivity index (χ4n) is 3.46. The van der Waals surface area contributed by atoms with Gasteiger partial charge in [0.05, 0.1) is 18.1 Å². The normalized spacial score (nSPS) is 17.9. The number of halogens is 1. The van der Waals surface area contributed by atoms with Crippen LogP contribution < -0.4 is 5.73 Å². The number of benzene rings is 1. The molecule has 1 saturated heterocycles. The fourth-order valence-corrected chi connectivity index (χ4v) is 5.09. The van der Waals surface area contributed by atoms with Crippen LogP contribution in [0.15, 0.2) is 48.0 Å². The molecule has 3 aromatic rings. The number of sulfonamides is 1. The van der Waals surface area contributed by atoms with E-state index in [1.54, 1.807) is 29.9 Å². The van der Waals surface area contributed by atoms with Crippen molar-refractivity contribution in [3.8, 4) is 11.1 Å². The zero-order valence-corrected chi connectivity index (χ0v) is 16.0. The smallest absolute Gasteiger partial charge is 0.262 e. The molecule has 1 aliphatic heterocycles. The first-order valence-corrected chi connectivity index (χ1v) is 10.2. The van der Waals surface area contributed by atoms with E-state index in [0.717, 1.165) is 0 Å². The predicted molar refractivity (Wildman–Crippen MR) is 101 cm³/mol. The number of aryl methyl sites for hydroxylation is 1. The van der Waals surface area contributed by atoms with Crippen LogP contribution in [0.2, 0.25) is 0 Å². The highest BCUT2D eigenvalue weighted by molar-refractivity contribution is 7.89. The zero-order valence-electron chi connectivity index (χ0n) is 15.2. The van der Waals surface area contributed by atoms with E-state index in [-0.39, 0.29) is 16.8 Å². The van der Waals surface area contributed by atoms with Gasteiger partial charge in [-0.1, -0.05) is 12.1 Å². The highest BCUT2D eigenvalue weighted by Gasteiger charge is 2.39. The minimum atomic E-state index is -3.79. The molecule has 2 N–H and O–H groups in total. The molecule has 0 bridgehead atoms. The van der Waals surface area contributed by atoms with Crippen LogP contribution in [0.4, 0.5) is 10.3 Å². The SMILES string of the molecule is Cn1cnc(S(=O)(=O)N2CCC[C@H]2c2nc(N)ncc2-c2ccc(F)cc2)c1. The fraction of sp³-hybridized carbons (Fsp3) is 0.278. The number of hydrogen-bond donors (Lipinski definition) is 1. The second kappa shape index (κ2) is 6.95. The lowest BCUT2D eigenvalue weighted by molar-refractivity contribution is 0.389. The van der Waals surface area contributed by atoms with Crippen molar-refractivity contribution in [1.82, 2.24) is 23.8 Å². The molecule has 1 aromatic carbocycles. The van der Waals surface area contributed by atoms with E-state index >= 15 is 0 Å². The first-order valence-electron chi connectivity index (χ1n) is 8.74. The average Bonchev–Trinajstić information content (AvgIpc) is 3.32. The van der Waals surface area contributed by atoms with Gasteiger partial charge in [0, 0.05) is 31.5 Å². The number of imidazole rings is 1. The molecule has 3 heterocycles. The Morgan fingerprint density at radius 1 is 1.21 bits per heavy atom. The van der Waals surface area contributed by atoms with Gasteiger partial charge < -0.3 is 10.3 Å². The van der Waals surface area contributed by atoms with Gasteiger partial charge in [-0.15, -0.1) is 0 Å². The van der Waals surface area contributed by atoms with E-state index in [0.29, 0.717) is 36.2 Å². The van der Waals surface area contributed by atoms with Gasteiger partial charge in [-0.25, -0.2) is 27.8 Å². The van der Waals surface area contributed by atoms with Gasteiger partial charge in [-0.3, -0.25) is 0 Å². The summed E-state index contributed by atoms with van der Waals surface area (Å²) in [5, 5.41) is -0.00717. The van der Waals surface area contributed by atoms with Gasteiger partial charge in [-0.2, -0.15) is 4.31 Å². The number of hydrogen-bond acceptors (Lipinski definition) is 6. The number of aromatic nitrogens is 4. The van der Waals surface area contributed by atoms with Gasteiger partial charge in [0.1, 0.15) is 5.82 Å². The molecule has 1 atom stereocenters. The van der Waals surface area contributed by atoms with E-state index in [4.69, 9.17) is 5.73 Å². The average molecular weight is 402 g/mol. The van der Waals surface area contributed by atoms with Gasteiger partial charge >= 0.3 is 0 Å². The predicted octanol–water partition coefficient (Wildman–Crippen LogP) is 2.12. The van der Waals surface area contributed by atoms with Crippen LogP contribution in [-0.4, -0.2) is 38.8 Å². The minimum absolute atomic E-state index is 0.00717. The third-order valence-corrected chi connectivity index (χ3v) is 6.56. The third kappa shape index (κ3) is 3.25. The second-order valence-electron chi connectivity index (χ2n) is 6.69. The number of nitrogens with zero attached hydrogens (tertiary/aromatic N) is 5. The molecule has 0 spiro atoms. The monoisotopic (exact) mass is 402 g/mol. The van der Waals surface area contributed by atoms with E-state index < -0.39 is 16.1 Å². The molecule has 0 saturated carbocycles. The van der Waals surface area contributed by atoms with Crippen molar-refractivity contribution in [2.45, 2.75) is 23.9 Å². The van der Waals surface area contributed by atoms with Gasteiger partial charge in [0.2, 0.25) is 5.95 Å². The lowest BCUT2D eigenvalue weighted by atomic mass is 10.0. The van der Waals surface area contributed by atoms with Crippen LogP contribution in [0, 0.1) is 5.82 Å². The molecular formula is C18H19FN6O2S. The summed E-state index contributed by atoms with van der Waals surface area (Å²) in [7, 11) is -2.08.